The quantitative estimate of drug-likeness (QED) is 0.634. The number of nitrogens with zero attached hydrogens (tertiary/aromatic N) is 1. The molecule has 0 aromatic rings. The van der Waals surface area contributed by atoms with Gasteiger partial charge in [0.25, 0.3) is 0 Å². The Bertz CT molecular complexity index is 288. The molecule has 0 radical (unpaired) electrons. The third-order valence-corrected chi connectivity index (χ3v) is 4.17. The van der Waals surface area contributed by atoms with Crippen LogP contribution in [0.2, 0.25) is 0 Å². The Morgan fingerprint density at radius 2 is 2.00 bits per heavy atom. The van der Waals surface area contributed by atoms with Crippen LogP contribution in [0, 0.1) is 0 Å². The van der Waals surface area contributed by atoms with E-state index < -0.39 is 9.84 Å². The van der Waals surface area contributed by atoms with Gasteiger partial charge in [-0.3, -0.25) is 0 Å². The Morgan fingerprint density at radius 1 is 1.40 bits per heavy atom. The van der Waals surface area contributed by atoms with E-state index >= 15 is 0 Å². The van der Waals surface area contributed by atoms with E-state index in [1.54, 1.807) is 6.92 Å². The lowest BCUT2D eigenvalue weighted by Gasteiger charge is -2.15. The predicted molar refractivity (Wildman–Crippen MR) is 67.8 cm³/mol. The topological polar surface area (TPSA) is 63.4 Å². The zero-order valence-electron chi connectivity index (χ0n) is 9.40. The van der Waals surface area contributed by atoms with Crippen molar-refractivity contribution in [3.05, 3.63) is 0 Å². The molecule has 90 valence electrons. The van der Waals surface area contributed by atoms with Crippen LogP contribution in [0.3, 0.4) is 0 Å². The highest BCUT2D eigenvalue weighted by atomic mass is 32.2. The Hall–Kier alpha value is -0.200. The van der Waals surface area contributed by atoms with E-state index in [1.165, 1.54) is 0 Å². The summed E-state index contributed by atoms with van der Waals surface area (Å²) in [6, 6.07) is 0. The molecule has 0 bridgehead atoms. The first-order valence-electron chi connectivity index (χ1n) is 5.04. The van der Waals surface area contributed by atoms with Crippen molar-refractivity contribution in [1.29, 1.82) is 0 Å². The summed E-state index contributed by atoms with van der Waals surface area (Å²) in [6.45, 7) is 3.23. The molecule has 0 aliphatic heterocycles. The highest BCUT2D eigenvalue weighted by Gasteiger charge is 2.07. The van der Waals surface area contributed by atoms with Gasteiger partial charge in [-0.25, -0.2) is 8.42 Å². The van der Waals surface area contributed by atoms with Crippen LogP contribution < -0.4 is 5.73 Å². The molecule has 0 aromatic carbocycles. The third-order valence-electron chi connectivity index (χ3n) is 2.17. The molecule has 0 aromatic heterocycles. The van der Waals surface area contributed by atoms with E-state index in [1.807, 2.05) is 11.9 Å². The molecule has 0 spiro atoms. The zero-order chi connectivity index (χ0) is 11.9. The molecule has 0 aliphatic rings. The maximum Gasteiger partial charge on any atom is 0.150 e. The summed E-state index contributed by atoms with van der Waals surface area (Å²) in [5, 5.41) is 0. The van der Waals surface area contributed by atoms with Crippen molar-refractivity contribution in [1.82, 2.24) is 4.90 Å². The standard InChI is InChI=1S/C9H20N2O2S2/c1-3-15(12,13)8-4-6-11(2)7-5-9(10)14/h3-8H2,1-2H3,(H2,10,14). The van der Waals surface area contributed by atoms with Gasteiger partial charge in [0.05, 0.1) is 10.7 Å². The van der Waals surface area contributed by atoms with Gasteiger partial charge in [0.1, 0.15) is 9.84 Å². The summed E-state index contributed by atoms with van der Waals surface area (Å²) in [5.74, 6) is 0.491. The second-order valence-electron chi connectivity index (χ2n) is 3.61. The summed E-state index contributed by atoms with van der Waals surface area (Å²) < 4.78 is 22.4. The second-order valence-corrected chi connectivity index (χ2v) is 6.61. The first kappa shape index (κ1) is 14.8. The molecule has 0 saturated heterocycles. The normalized spacial score (nSPS) is 11.9. The van der Waals surface area contributed by atoms with Gasteiger partial charge in [0.15, 0.2) is 0 Å². The van der Waals surface area contributed by atoms with Gasteiger partial charge in [-0.05, 0) is 20.0 Å². The van der Waals surface area contributed by atoms with Gasteiger partial charge >= 0.3 is 0 Å². The smallest absolute Gasteiger partial charge is 0.150 e. The molecule has 0 heterocycles. The second kappa shape index (κ2) is 7.14. The first-order chi connectivity index (χ1) is 6.87. The molecule has 0 saturated carbocycles. The van der Waals surface area contributed by atoms with Gasteiger partial charge < -0.3 is 10.6 Å². The van der Waals surface area contributed by atoms with Crippen LogP contribution in [-0.4, -0.2) is 49.9 Å². The van der Waals surface area contributed by atoms with Crippen LogP contribution in [-0.2, 0) is 9.84 Å². The van der Waals surface area contributed by atoms with E-state index in [9.17, 15) is 8.42 Å². The van der Waals surface area contributed by atoms with Crippen molar-refractivity contribution in [2.24, 2.45) is 5.73 Å². The molecule has 6 heteroatoms. The molecule has 4 nitrogen and oxygen atoms in total. The number of hydrogen-bond acceptors (Lipinski definition) is 4. The van der Waals surface area contributed by atoms with E-state index in [-0.39, 0.29) is 11.5 Å². The largest absolute Gasteiger partial charge is 0.393 e. The van der Waals surface area contributed by atoms with E-state index in [4.69, 9.17) is 18.0 Å². The summed E-state index contributed by atoms with van der Waals surface area (Å²) in [5.41, 5.74) is 5.37. The number of hydrogen-bond donors (Lipinski definition) is 1. The van der Waals surface area contributed by atoms with Crippen molar-refractivity contribution in [3.63, 3.8) is 0 Å². The Labute approximate surface area is 97.7 Å². The fourth-order valence-electron chi connectivity index (χ4n) is 1.11. The minimum absolute atomic E-state index is 0.226. The SMILES string of the molecule is CCS(=O)(=O)CCCN(C)CCC(N)=S. The lowest BCUT2D eigenvalue weighted by molar-refractivity contribution is 0.345. The molecule has 0 aliphatic carbocycles. The van der Waals surface area contributed by atoms with Gasteiger partial charge in [0.2, 0.25) is 0 Å². The van der Waals surface area contributed by atoms with Crippen LogP contribution in [0.1, 0.15) is 19.8 Å². The summed E-state index contributed by atoms with van der Waals surface area (Å²) in [4.78, 5) is 2.55. The maximum atomic E-state index is 11.2. The summed E-state index contributed by atoms with van der Waals surface area (Å²) in [7, 11) is -0.882. The average molecular weight is 252 g/mol. The molecule has 0 amide bonds. The fraction of sp³-hybridized carbons (Fsp3) is 0.889. The highest BCUT2D eigenvalue weighted by Crippen LogP contribution is 1.96. The van der Waals surface area contributed by atoms with E-state index in [0.717, 1.165) is 13.1 Å². The van der Waals surface area contributed by atoms with Gasteiger partial charge in [-0.1, -0.05) is 19.1 Å². The number of nitrogens with two attached hydrogens (primary N) is 1. The van der Waals surface area contributed by atoms with Crippen LogP contribution in [0.4, 0.5) is 0 Å². The Morgan fingerprint density at radius 3 is 2.47 bits per heavy atom. The van der Waals surface area contributed by atoms with E-state index in [0.29, 0.717) is 17.8 Å². The molecule has 15 heavy (non-hydrogen) atoms. The van der Waals surface area contributed by atoms with E-state index in [2.05, 4.69) is 0 Å². The zero-order valence-corrected chi connectivity index (χ0v) is 11.0. The molecule has 0 rings (SSSR count). The Kier molecular flexibility index (Phi) is 7.04. The average Bonchev–Trinajstić information content (AvgIpc) is 2.14. The summed E-state index contributed by atoms with van der Waals surface area (Å²) in [6.07, 6.45) is 1.36. The first-order valence-corrected chi connectivity index (χ1v) is 7.27. The van der Waals surface area contributed by atoms with Crippen LogP contribution >= 0.6 is 12.2 Å². The lowest BCUT2D eigenvalue weighted by Crippen LogP contribution is -2.26. The minimum atomic E-state index is -2.82. The maximum absolute atomic E-state index is 11.2. The molecule has 0 unspecified atom stereocenters. The van der Waals surface area contributed by atoms with Crippen molar-refractivity contribution < 1.29 is 8.42 Å². The Balaban J connectivity index is 3.64. The van der Waals surface area contributed by atoms with Gasteiger partial charge in [-0.2, -0.15) is 0 Å². The predicted octanol–water partition coefficient (Wildman–Crippen LogP) is 0.419. The van der Waals surface area contributed by atoms with Crippen LogP contribution in [0.5, 0.6) is 0 Å². The molecule has 0 fully saturated rings. The summed E-state index contributed by atoms with van der Waals surface area (Å²) >= 11 is 4.76. The number of sulfone groups is 1. The molecule has 0 atom stereocenters. The van der Waals surface area contributed by atoms with Crippen molar-refractivity contribution in [3.8, 4) is 0 Å². The number of thiocarbonyl (C=S) groups is 1. The lowest BCUT2D eigenvalue weighted by atomic mass is 10.3. The monoisotopic (exact) mass is 252 g/mol. The number of rotatable bonds is 8. The highest BCUT2D eigenvalue weighted by molar-refractivity contribution is 7.91. The molecule has 2 N–H and O–H groups in total. The van der Waals surface area contributed by atoms with Crippen molar-refractivity contribution in [2.75, 3.05) is 31.6 Å². The van der Waals surface area contributed by atoms with Crippen LogP contribution in [0.15, 0.2) is 0 Å². The fourth-order valence-corrected chi connectivity index (χ4v) is 2.06. The third kappa shape index (κ3) is 8.77. The van der Waals surface area contributed by atoms with Crippen LogP contribution in [0.25, 0.3) is 0 Å². The van der Waals surface area contributed by atoms with Crippen molar-refractivity contribution >= 4 is 27.0 Å². The molecular weight excluding hydrogens is 232 g/mol. The minimum Gasteiger partial charge on any atom is -0.393 e. The van der Waals surface area contributed by atoms with Gasteiger partial charge in [0, 0.05) is 18.7 Å². The van der Waals surface area contributed by atoms with Gasteiger partial charge in [-0.15, -0.1) is 0 Å². The molecular formula is C9H20N2O2S2. The van der Waals surface area contributed by atoms with Crippen molar-refractivity contribution in [2.45, 2.75) is 19.8 Å².